The zero-order chi connectivity index (χ0) is 5.70. The maximum absolute atomic E-state index is 6.83. The highest BCUT2D eigenvalue weighted by atomic mass is 35.5. The molecule has 1 N–H and O–H groups in total. The molecule has 0 aromatic heterocycles. The molecular formula is C4H9Cl2NO. The number of hydrogen-bond donors (Lipinski definition) is 1. The Morgan fingerprint density at radius 2 is 2.25 bits per heavy atom. The highest BCUT2D eigenvalue weighted by Gasteiger charge is 1.88. The van der Waals surface area contributed by atoms with E-state index in [1.807, 2.05) is 0 Å². The topological polar surface area (TPSA) is 33.1 Å². The molecule has 0 aromatic carbocycles. The van der Waals surface area contributed by atoms with Crippen molar-refractivity contribution in [3.05, 3.63) is 0 Å². The van der Waals surface area contributed by atoms with Gasteiger partial charge in [0.05, 0.1) is 7.11 Å². The second kappa shape index (κ2) is 7.05. The quantitative estimate of drug-likeness (QED) is 0.370. The maximum atomic E-state index is 6.83. The second-order valence-electron chi connectivity index (χ2n) is 1.07. The van der Waals surface area contributed by atoms with Crippen LogP contribution in [-0.2, 0) is 4.74 Å². The number of methoxy groups -OCH3 is 1. The Hall–Kier alpha value is 0.0500. The van der Waals surface area contributed by atoms with E-state index < -0.39 is 0 Å². The Kier molecular flexibility index (Phi) is 9.63. The highest BCUT2D eigenvalue weighted by molar-refractivity contribution is 6.18. The molecule has 8 heavy (non-hydrogen) atoms. The van der Waals surface area contributed by atoms with Crippen LogP contribution in [0.25, 0.3) is 0 Å². The summed E-state index contributed by atoms with van der Waals surface area (Å²) >= 11 is 5.25. The van der Waals surface area contributed by atoms with Crippen LogP contribution in [-0.4, -0.2) is 18.9 Å². The van der Waals surface area contributed by atoms with Gasteiger partial charge in [-0.1, -0.05) is 0 Å². The Morgan fingerprint density at radius 1 is 1.75 bits per heavy atom. The number of ether oxygens (including phenoxy) is 1. The molecule has 0 heterocycles. The molecule has 0 bridgehead atoms. The minimum atomic E-state index is 0. The minimum Gasteiger partial charge on any atom is -0.484 e. The number of halogens is 2. The van der Waals surface area contributed by atoms with Crippen LogP contribution in [0.5, 0.6) is 0 Å². The number of rotatable bonds is 2. The van der Waals surface area contributed by atoms with Crippen molar-refractivity contribution in [1.82, 2.24) is 0 Å². The smallest absolute Gasteiger partial charge is 0.181 e. The van der Waals surface area contributed by atoms with E-state index in [1.165, 1.54) is 7.11 Å². The summed E-state index contributed by atoms with van der Waals surface area (Å²) in [7, 11) is 1.47. The van der Waals surface area contributed by atoms with Crippen LogP contribution in [0.15, 0.2) is 0 Å². The van der Waals surface area contributed by atoms with E-state index in [9.17, 15) is 0 Å². The van der Waals surface area contributed by atoms with E-state index in [0.29, 0.717) is 12.3 Å². The molecule has 0 radical (unpaired) electrons. The van der Waals surface area contributed by atoms with E-state index in [2.05, 4.69) is 4.74 Å². The molecule has 0 rings (SSSR count). The van der Waals surface area contributed by atoms with Gasteiger partial charge in [-0.05, 0) is 0 Å². The highest BCUT2D eigenvalue weighted by Crippen LogP contribution is 1.85. The third kappa shape index (κ3) is 6.05. The molecule has 50 valence electrons. The molecule has 4 heteroatoms. The van der Waals surface area contributed by atoms with Crippen molar-refractivity contribution in [2.24, 2.45) is 0 Å². The van der Waals surface area contributed by atoms with Gasteiger partial charge in [0.25, 0.3) is 0 Å². The van der Waals surface area contributed by atoms with Gasteiger partial charge in [0.2, 0.25) is 0 Å². The summed E-state index contributed by atoms with van der Waals surface area (Å²) in [5.41, 5.74) is 0. The van der Waals surface area contributed by atoms with E-state index in [-0.39, 0.29) is 18.3 Å². The largest absolute Gasteiger partial charge is 0.484 e. The van der Waals surface area contributed by atoms with Crippen molar-refractivity contribution < 1.29 is 4.74 Å². The standard InChI is InChI=1S/C4H8ClNO.ClH/c1-7-4(6)2-3-5;/h6H,2-3H2,1H3;1H. The molecular weight excluding hydrogens is 149 g/mol. The fourth-order valence-corrected chi connectivity index (χ4v) is 0.360. The molecule has 0 spiro atoms. The molecule has 0 saturated heterocycles. The third-order valence-corrected chi connectivity index (χ3v) is 0.757. The monoisotopic (exact) mass is 157 g/mol. The van der Waals surface area contributed by atoms with Crippen molar-refractivity contribution in [2.45, 2.75) is 6.42 Å². The first-order valence-electron chi connectivity index (χ1n) is 1.98. The fourth-order valence-electron chi connectivity index (χ4n) is 0.188. The SMILES string of the molecule is COC(=N)CCCl.Cl. The number of hydrogen-bond acceptors (Lipinski definition) is 2. The van der Waals surface area contributed by atoms with Gasteiger partial charge in [0, 0.05) is 12.3 Å². The summed E-state index contributed by atoms with van der Waals surface area (Å²) in [6, 6.07) is 0. The first-order valence-corrected chi connectivity index (χ1v) is 2.52. The summed E-state index contributed by atoms with van der Waals surface area (Å²) in [6.07, 6.45) is 0.526. The average molecular weight is 158 g/mol. The van der Waals surface area contributed by atoms with Gasteiger partial charge >= 0.3 is 0 Å². The van der Waals surface area contributed by atoms with E-state index in [4.69, 9.17) is 17.0 Å². The van der Waals surface area contributed by atoms with Crippen molar-refractivity contribution in [2.75, 3.05) is 13.0 Å². The lowest BCUT2D eigenvalue weighted by molar-refractivity contribution is 0.389. The molecule has 0 amide bonds. The fraction of sp³-hybridized carbons (Fsp3) is 0.750. The third-order valence-electron chi connectivity index (χ3n) is 0.568. The van der Waals surface area contributed by atoms with Crippen molar-refractivity contribution >= 4 is 29.9 Å². The molecule has 0 atom stereocenters. The van der Waals surface area contributed by atoms with Crippen LogP contribution < -0.4 is 0 Å². The van der Waals surface area contributed by atoms with Gasteiger partial charge in [-0.15, -0.1) is 24.0 Å². The van der Waals surface area contributed by atoms with E-state index >= 15 is 0 Å². The van der Waals surface area contributed by atoms with Crippen LogP contribution in [0.3, 0.4) is 0 Å². The van der Waals surface area contributed by atoms with Crippen LogP contribution in [0, 0.1) is 5.41 Å². The Labute approximate surface area is 60.1 Å². The Morgan fingerprint density at radius 3 is 2.38 bits per heavy atom. The van der Waals surface area contributed by atoms with Crippen molar-refractivity contribution in [3.63, 3.8) is 0 Å². The maximum Gasteiger partial charge on any atom is 0.181 e. The van der Waals surface area contributed by atoms with Gasteiger partial charge < -0.3 is 4.74 Å². The summed E-state index contributed by atoms with van der Waals surface area (Å²) in [5, 5.41) is 6.83. The molecule has 0 aromatic rings. The van der Waals surface area contributed by atoms with Gasteiger partial charge in [0.1, 0.15) is 0 Å². The van der Waals surface area contributed by atoms with Crippen molar-refractivity contribution in [1.29, 1.82) is 5.41 Å². The Bertz CT molecular complexity index is 67.1. The first kappa shape index (κ1) is 10.9. The summed E-state index contributed by atoms with van der Waals surface area (Å²) in [6.45, 7) is 0. The molecule has 0 aliphatic carbocycles. The molecule has 0 unspecified atom stereocenters. The van der Waals surface area contributed by atoms with Crippen molar-refractivity contribution in [3.8, 4) is 0 Å². The molecule has 0 aliphatic rings. The predicted octanol–water partition coefficient (Wildman–Crippen LogP) is 1.66. The van der Waals surface area contributed by atoms with Crippen LogP contribution >= 0.6 is 24.0 Å². The minimum absolute atomic E-state index is 0. The molecule has 0 fully saturated rings. The number of nitrogens with one attached hydrogen (secondary N) is 1. The zero-order valence-electron chi connectivity index (χ0n) is 4.61. The molecule has 2 nitrogen and oxygen atoms in total. The van der Waals surface area contributed by atoms with Crippen LogP contribution in [0.2, 0.25) is 0 Å². The normalized spacial score (nSPS) is 7.25. The summed E-state index contributed by atoms with van der Waals surface area (Å²) in [5.74, 6) is 0.710. The van der Waals surface area contributed by atoms with Gasteiger partial charge in [0.15, 0.2) is 5.90 Å². The van der Waals surface area contributed by atoms with Gasteiger partial charge in [-0.3, -0.25) is 5.41 Å². The summed E-state index contributed by atoms with van der Waals surface area (Å²) in [4.78, 5) is 0. The second-order valence-corrected chi connectivity index (χ2v) is 1.44. The predicted molar refractivity (Wildman–Crippen MR) is 37.3 cm³/mol. The Balaban J connectivity index is 0. The lowest BCUT2D eigenvalue weighted by atomic mass is 10.5. The lowest BCUT2D eigenvalue weighted by Crippen LogP contribution is -1.98. The van der Waals surface area contributed by atoms with Crippen LogP contribution in [0.1, 0.15) is 6.42 Å². The van der Waals surface area contributed by atoms with Gasteiger partial charge in [-0.2, -0.15) is 0 Å². The lowest BCUT2D eigenvalue weighted by Gasteiger charge is -1.94. The first-order chi connectivity index (χ1) is 3.31. The van der Waals surface area contributed by atoms with Gasteiger partial charge in [-0.25, -0.2) is 0 Å². The molecule has 0 aliphatic heterocycles. The van der Waals surface area contributed by atoms with Crippen LogP contribution in [0.4, 0.5) is 0 Å². The summed E-state index contributed by atoms with van der Waals surface area (Å²) < 4.78 is 4.49. The van der Waals surface area contributed by atoms with E-state index in [0.717, 1.165) is 0 Å². The van der Waals surface area contributed by atoms with E-state index in [1.54, 1.807) is 0 Å². The molecule has 0 saturated carbocycles. The average Bonchev–Trinajstić information content (AvgIpc) is 1.68. The zero-order valence-corrected chi connectivity index (χ0v) is 6.18. The number of alkyl halides is 1.